The zero-order chi connectivity index (χ0) is 9.68. The highest BCUT2D eigenvalue weighted by Crippen LogP contribution is 2.00. The van der Waals surface area contributed by atoms with Crippen LogP contribution in [0.25, 0.3) is 0 Å². The first-order chi connectivity index (χ1) is 6.20. The van der Waals surface area contributed by atoms with Gasteiger partial charge in [0.15, 0.2) is 5.69 Å². The molecule has 0 aliphatic heterocycles. The number of carbonyl (C=O) groups excluding carboxylic acids is 1. The fraction of sp³-hybridized carbons (Fsp3) is 0.167. The summed E-state index contributed by atoms with van der Waals surface area (Å²) in [7, 11) is 0. The molecule has 1 rings (SSSR count). The van der Waals surface area contributed by atoms with Crippen molar-refractivity contribution in [3.8, 4) is 0 Å². The summed E-state index contributed by atoms with van der Waals surface area (Å²) in [6, 6.07) is 3.05. The number of rotatable bonds is 3. The fourth-order valence-corrected chi connectivity index (χ4v) is 0.662. The summed E-state index contributed by atoms with van der Waals surface area (Å²) in [5.41, 5.74) is 2.11. The summed E-state index contributed by atoms with van der Waals surface area (Å²) >= 11 is 10.4. The number of nitrogens with zero attached hydrogens (tertiary/aromatic N) is 2. The Labute approximate surface area is 84.0 Å². The van der Waals surface area contributed by atoms with Crippen LogP contribution in [0.1, 0.15) is 10.5 Å². The van der Waals surface area contributed by atoms with Gasteiger partial charge in [0.2, 0.25) is 5.02 Å². The van der Waals surface area contributed by atoms with Gasteiger partial charge in [-0.15, -0.1) is 5.10 Å². The number of alkyl halides is 2. The summed E-state index contributed by atoms with van der Waals surface area (Å²) in [5, 5.41) is 5.92. The van der Waals surface area contributed by atoms with Crippen LogP contribution in [0.15, 0.2) is 18.3 Å². The highest BCUT2D eigenvalue weighted by atomic mass is 35.5. The van der Waals surface area contributed by atoms with Crippen molar-refractivity contribution in [1.29, 1.82) is 0 Å². The number of amides is 1. The van der Waals surface area contributed by atoms with Gasteiger partial charge in [-0.05, 0) is 12.1 Å². The predicted molar refractivity (Wildman–Crippen MR) is 46.1 cm³/mol. The first kappa shape index (κ1) is 10.2. The molecule has 0 fully saturated rings. The van der Waals surface area contributed by atoms with E-state index >= 15 is 0 Å². The minimum absolute atomic E-state index is 0.122. The number of halogens is 2. The average molecular weight is 222 g/mol. The quantitative estimate of drug-likeness (QED) is 0.609. The van der Waals surface area contributed by atoms with Crippen LogP contribution in [-0.2, 0) is 4.84 Å². The molecule has 0 atom stereocenters. The molecule has 0 unspecified atom stereocenters. The summed E-state index contributed by atoms with van der Waals surface area (Å²) in [4.78, 5) is 15.5. The molecular formula is C6H5Cl2N3O2. The van der Waals surface area contributed by atoms with Crippen LogP contribution in [0.3, 0.4) is 0 Å². The van der Waals surface area contributed by atoms with Gasteiger partial charge >= 0.3 is 0 Å². The Morgan fingerprint density at radius 2 is 2.38 bits per heavy atom. The summed E-state index contributed by atoms with van der Waals surface area (Å²) < 4.78 is 0. The number of hydroxylamine groups is 1. The molecule has 0 aromatic carbocycles. The van der Waals surface area contributed by atoms with E-state index in [2.05, 4.69) is 15.0 Å². The Morgan fingerprint density at radius 1 is 1.62 bits per heavy atom. The van der Waals surface area contributed by atoms with Crippen molar-refractivity contribution in [3.05, 3.63) is 24.0 Å². The largest absolute Gasteiger partial charge is 0.295 e. The molecule has 0 radical (unpaired) electrons. The van der Waals surface area contributed by atoms with Crippen molar-refractivity contribution in [1.82, 2.24) is 15.7 Å². The highest BCUT2D eigenvalue weighted by Gasteiger charge is 2.08. The highest BCUT2D eigenvalue weighted by molar-refractivity contribution is 6.43. The molecule has 1 amide bonds. The van der Waals surface area contributed by atoms with E-state index in [1.165, 1.54) is 12.3 Å². The minimum atomic E-state index is -1.11. The molecule has 5 nitrogen and oxygen atoms in total. The first-order valence-electron chi connectivity index (χ1n) is 3.22. The Balaban J connectivity index is 2.50. The maximum atomic E-state index is 11.1. The van der Waals surface area contributed by atoms with E-state index in [4.69, 9.17) is 23.2 Å². The molecule has 1 heterocycles. The molecule has 0 spiro atoms. The Kier molecular flexibility index (Phi) is 3.88. The molecule has 0 aliphatic rings. The average Bonchev–Trinajstić information content (AvgIpc) is 2.15. The van der Waals surface area contributed by atoms with E-state index in [1.807, 2.05) is 5.48 Å². The second-order valence-corrected chi connectivity index (χ2v) is 2.93. The van der Waals surface area contributed by atoms with Crippen LogP contribution < -0.4 is 5.48 Å². The maximum absolute atomic E-state index is 11.1. The fourth-order valence-electron chi connectivity index (χ4n) is 0.573. The number of aromatic nitrogens is 2. The second kappa shape index (κ2) is 4.96. The standard InChI is InChI=1S/C6H5Cl2N3O2/c7-6(8)13-11-5(12)4-2-1-3-9-10-4/h1-3,6H,(H,11,12). The van der Waals surface area contributed by atoms with Crippen molar-refractivity contribution in [3.63, 3.8) is 0 Å². The predicted octanol–water partition coefficient (Wildman–Crippen LogP) is 0.899. The Morgan fingerprint density at radius 3 is 2.92 bits per heavy atom. The zero-order valence-corrected chi connectivity index (χ0v) is 7.79. The van der Waals surface area contributed by atoms with E-state index in [0.29, 0.717) is 0 Å². The lowest BCUT2D eigenvalue weighted by Gasteiger charge is -2.03. The van der Waals surface area contributed by atoms with Gasteiger partial charge in [0.1, 0.15) is 0 Å². The van der Waals surface area contributed by atoms with Gasteiger partial charge < -0.3 is 0 Å². The molecule has 1 aromatic rings. The number of nitrogens with one attached hydrogen (secondary N) is 1. The number of hydrogen-bond donors (Lipinski definition) is 1. The van der Waals surface area contributed by atoms with Crippen molar-refractivity contribution >= 4 is 29.1 Å². The van der Waals surface area contributed by atoms with Gasteiger partial charge in [0, 0.05) is 6.20 Å². The third-order valence-corrected chi connectivity index (χ3v) is 1.22. The van der Waals surface area contributed by atoms with Crippen LogP contribution in [-0.4, -0.2) is 21.1 Å². The zero-order valence-electron chi connectivity index (χ0n) is 6.28. The molecule has 0 saturated heterocycles. The van der Waals surface area contributed by atoms with E-state index in [-0.39, 0.29) is 5.69 Å². The summed E-state index contributed by atoms with van der Waals surface area (Å²) in [6.07, 6.45) is 1.45. The van der Waals surface area contributed by atoms with Crippen LogP contribution in [0, 0.1) is 0 Å². The van der Waals surface area contributed by atoms with Gasteiger partial charge in [-0.1, -0.05) is 23.2 Å². The van der Waals surface area contributed by atoms with E-state index in [1.54, 1.807) is 6.07 Å². The first-order valence-corrected chi connectivity index (χ1v) is 4.09. The van der Waals surface area contributed by atoms with Crippen molar-refractivity contribution < 1.29 is 9.63 Å². The van der Waals surface area contributed by atoms with Crippen molar-refractivity contribution in [2.24, 2.45) is 0 Å². The van der Waals surface area contributed by atoms with Crippen LogP contribution in [0.5, 0.6) is 0 Å². The monoisotopic (exact) mass is 221 g/mol. The summed E-state index contributed by atoms with van der Waals surface area (Å²) in [5.74, 6) is -0.556. The smallest absolute Gasteiger partial charge is 0.265 e. The molecule has 0 aliphatic carbocycles. The third kappa shape index (κ3) is 3.54. The summed E-state index contributed by atoms with van der Waals surface area (Å²) in [6.45, 7) is 0. The lowest BCUT2D eigenvalue weighted by molar-refractivity contribution is 0.0381. The topological polar surface area (TPSA) is 64.1 Å². The number of carbonyl (C=O) groups is 1. The van der Waals surface area contributed by atoms with Crippen molar-refractivity contribution in [2.75, 3.05) is 0 Å². The molecular weight excluding hydrogens is 217 g/mol. The molecule has 70 valence electrons. The third-order valence-electron chi connectivity index (χ3n) is 1.05. The van der Waals surface area contributed by atoms with Gasteiger partial charge in [0.05, 0.1) is 0 Å². The van der Waals surface area contributed by atoms with Gasteiger partial charge in [-0.3, -0.25) is 4.79 Å². The SMILES string of the molecule is O=C(NOC(Cl)Cl)c1cccnn1. The van der Waals surface area contributed by atoms with Crippen molar-refractivity contribution in [2.45, 2.75) is 5.02 Å². The molecule has 1 aromatic heterocycles. The van der Waals surface area contributed by atoms with Crippen LogP contribution >= 0.6 is 23.2 Å². The Hall–Kier alpha value is -0.910. The second-order valence-electron chi connectivity index (χ2n) is 1.92. The van der Waals surface area contributed by atoms with Gasteiger partial charge in [-0.2, -0.15) is 5.10 Å². The molecule has 1 N–H and O–H groups in total. The lowest BCUT2D eigenvalue weighted by atomic mass is 10.4. The molecule has 0 saturated carbocycles. The van der Waals surface area contributed by atoms with E-state index in [9.17, 15) is 4.79 Å². The van der Waals surface area contributed by atoms with Crippen LogP contribution in [0.2, 0.25) is 0 Å². The molecule has 0 bridgehead atoms. The van der Waals surface area contributed by atoms with E-state index < -0.39 is 10.9 Å². The molecule has 7 heteroatoms. The minimum Gasteiger partial charge on any atom is -0.265 e. The normalized spacial score (nSPS) is 10.1. The Bertz CT molecular complexity index is 280. The molecule has 13 heavy (non-hydrogen) atoms. The maximum Gasteiger partial charge on any atom is 0.295 e. The van der Waals surface area contributed by atoms with E-state index in [0.717, 1.165) is 0 Å². The van der Waals surface area contributed by atoms with Gasteiger partial charge in [0.25, 0.3) is 5.91 Å². The lowest BCUT2D eigenvalue weighted by Crippen LogP contribution is -2.26. The van der Waals surface area contributed by atoms with Crippen LogP contribution in [0.4, 0.5) is 0 Å². The number of hydrogen-bond acceptors (Lipinski definition) is 4. The van der Waals surface area contributed by atoms with Gasteiger partial charge in [-0.25, -0.2) is 10.3 Å².